The average molecular weight is 229 g/mol. The highest BCUT2D eigenvalue weighted by atomic mass is 35.5. The first-order chi connectivity index (χ1) is 7.15. The Morgan fingerprint density at radius 1 is 1.53 bits per heavy atom. The van der Waals surface area contributed by atoms with Crippen molar-refractivity contribution in [1.82, 2.24) is 0 Å². The summed E-state index contributed by atoms with van der Waals surface area (Å²) in [7, 11) is 0. The zero-order chi connectivity index (χ0) is 11.3. The minimum absolute atomic E-state index is 0.121. The largest absolute Gasteiger partial charge is 0.387 e. The Balaban J connectivity index is 2.76. The van der Waals surface area contributed by atoms with Crippen molar-refractivity contribution >= 4 is 17.4 Å². The molecule has 1 rings (SSSR count). The molecule has 0 radical (unpaired) electrons. The molecule has 0 bridgehead atoms. The lowest BCUT2D eigenvalue weighted by molar-refractivity contribution is 0.616. The minimum Gasteiger partial charge on any atom is -0.387 e. The van der Waals surface area contributed by atoms with Crippen LogP contribution in [0.15, 0.2) is 23.2 Å². The topological polar surface area (TPSA) is 38.4 Å². The van der Waals surface area contributed by atoms with Crippen molar-refractivity contribution < 1.29 is 4.39 Å². The number of aliphatic imine (C=N–C) groups is 1. The van der Waals surface area contributed by atoms with E-state index in [9.17, 15) is 4.39 Å². The molecule has 0 aliphatic carbocycles. The van der Waals surface area contributed by atoms with E-state index in [1.165, 1.54) is 6.07 Å². The van der Waals surface area contributed by atoms with E-state index in [1.807, 2.05) is 6.92 Å². The number of hydrogen-bond donors (Lipinski definition) is 1. The molecule has 0 aromatic heterocycles. The van der Waals surface area contributed by atoms with Crippen molar-refractivity contribution in [2.75, 3.05) is 6.54 Å². The molecule has 1 aromatic rings. The van der Waals surface area contributed by atoms with Gasteiger partial charge in [-0.3, -0.25) is 4.99 Å². The molecule has 2 nitrogen and oxygen atoms in total. The molecule has 1 aromatic carbocycles. The van der Waals surface area contributed by atoms with Crippen LogP contribution in [0.25, 0.3) is 0 Å². The smallest absolute Gasteiger partial charge is 0.145 e. The van der Waals surface area contributed by atoms with Gasteiger partial charge in [-0.25, -0.2) is 4.39 Å². The van der Waals surface area contributed by atoms with E-state index in [1.54, 1.807) is 12.1 Å². The van der Waals surface area contributed by atoms with Gasteiger partial charge in [0, 0.05) is 13.0 Å². The Hall–Kier alpha value is -1.09. The molecular weight excluding hydrogens is 215 g/mol. The molecule has 15 heavy (non-hydrogen) atoms. The van der Waals surface area contributed by atoms with Crippen molar-refractivity contribution in [2.24, 2.45) is 10.7 Å². The maximum absolute atomic E-state index is 13.4. The lowest BCUT2D eigenvalue weighted by Gasteiger charge is -2.04. The van der Waals surface area contributed by atoms with Crippen molar-refractivity contribution in [3.63, 3.8) is 0 Å². The Morgan fingerprint density at radius 3 is 2.93 bits per heavy atom. The Bertz CT molecular complexity index is 364. The Labute approximate surface area is 94.0 Å². The predicted molar refractivity (Wildman–Crippen MR) is 61.9 cm³/mol. The molecule has 0 saturated carbocycles. The first-order valence-corrected chi connectivity index (χ1v) is 5.24. The van der Waals surface area contributed by atoms with Gasteiger partial charge in [-0.1, -0.05) is 30.7 Å². The molecule has 0 heterocycles. The average Bonchev–Trinajstić information content (AvgIpc) is 2.22. The van der Waals surface area contributed by atoms with E-state index >= 15 is 0 Å². The third-order valence-electron chi connectivity index (χ3n) is 1.94. The van der Waals surface area contributed by atoms with Gasteiger partial charge >= 0.3 is 0 Å². The third kappa shape index (κ3) is 3.51. The maximum atomic E-state index is 13.4. The van der Waals surface area contributed by atoms with Crippen LogP contribution in [0.5, 0.6) is 0 Å². The number of benzene rings is 1. The molecular formula is C11H14ClFN2. The summed E-state index contributed by atoms with van der Waals surface area (Å²) in [5, 5.41) is 0.121. The first kappa shape index (κ1) is 12.0. The lowest BCUT2D eigenvalue weighted by atomic mass is 10.1. The van der Waals surface area contributed by atoms with Gasteiger partial charge in [0.2, 0.25) is 0 Å². The second-order valence-electron chi connectivity index (χ2n) is 3.26. The summed E-state index contributed by atoms with van der Waals surface area (Å²) in [6, 6.07) is 4.88. The van der Waals surface area contributed by atoms with Crippen LogP contribution in [0.1, 0.15) is 18.9 Å². The molecule has 4 heteroatoms. The minimum atomic E-state index is -0.409. The van der Waals surface area contributed by atoms with E-state index in [0.717, 1.165) is 6.42 Å². The second kappa shape index (κ2) is 5.71. The maximum Gasteiger partial charge on any atom is 0.145 e. The summed E-state index contributed by atoms with van der Waals surface area (Å²) in [5.41, 5.74) is 6.14. The fourth-order valence-corrected chi connectivity index (χ4v) is 1.39. The lowest BCUT2D eigenvalue weighted by Crippen LogP contribution is -2.16. The number of rotatable bonds is 4. The van der Waals surface area contributed by atoms with Gasteiger partial charge in [0.25, 0.3) is 0 Å². The van der Waals surface area contributed by atoms with Crippen molar-refractivity contribution in [1.29, 1.82) is 0 Å². The van der Waals surface area contributed by atoms with E-state index in [-0.39, 0.29) is 5.02 Å². The summed E-state index contributed by atoms with van der Waals surface area (Å²) in [5.74, 6) is 0.0341. The third-order valence-corrected chi connectivity index (χ3v) is 2.23. The summed E-state index contributed by atoms with van der Waals surface area (Å²) < 4.78 is 13.4. The highest BCUT2D eigenvalue weighted by Gasteiger charge is 2.07. The fourth-order valence-electron chi connectivity index (χ4n) is 1.19. The molecule has 0 fully saturated rings. The molecule has 0 saturated heterocycles. The standard InChI is InChI=1S/C11H14ClFN2/c1-2-6-15-10(14)7-8-4-3-5-9(12)11(8)13/h3-5H,2,6-7H2,1H3,(H2,14,15). The fraction of sp³-hybridized carbons (Fsp3) is 0.364. The Morgan fingerprint density at radius 2 is 2.27 bits per heavy atom. The van der Waals surface area contributed by atoms with Gasteiger partial charge in [-0.2, -0.15) is 0 Å². The van der Waals surface area contributed by atoms with Crippen LogP contribution in [0.4, 0.5) is 4.39 Å². The molecule has 0 unspecified atom stereocenters. The number of nitrogens with zero attached hydrogens (tertiary/aromatic N) is 1. The number of nitrogens with two attached hydrogens (primary N) is 1. The SMILES string of the molecule is CCCN=C(N)Cc1cccc(Cl)c1F. The summed E-state index contributed by atoms with van der Waals surface area (Å²) in [4.78, 5) is 4.09. The van der Waals surface area contributed by atoms with Crippen LogP contribution >= 0.6 is 11.6 Å². The summed E-state index contributed by atoms with van der Waals surface area (Å²) >= 11 is 5.65. The van der Waals surface area contributed by atoms with Crippen molar-refractivity contribution in [2.45, 2.75) is 19.8 Å². The monoisotopic (exact) mass is 228 g/mol. The first-order valence-electron chi connectivity index (χ1n) is 4.86. The summed E-state index contributed by atoms with van der Waals surface area (Å²) in [6.45, 7) is 2.69. The van der Waals surface area contributed by atoms with Gasteiger partial charge in [0.1, 0.15) is 5.82 Å². The Kier molecular flexibility index (Phi) is 4.56. The number of halogens is 2. The van der Waals surface area contributed by atoms with Crippen LogP contribution in [0.3, 0.4) is 0 Å². The van der Waals surface area contributed by atoms with Gasteiger partial charge in [-0.05, 0) is 18.1 Å². The zero-order valence-corrected chi connectivity index (χ0v) is 9.39. The van der Waals surface area contributed by atoms with E-state index in [2.05, 4.69) is 4.99 Å². The van der Waals surface area contributed by atoms with Crippen LogP contribution in [0.2, 0.25) is 5.02 Å². The molecule has 0 atom stereocenters. The molecule has 82 valence electrons. The van der Waals surface area contributed by atoms with Crippen LogP contribution in [-0.4, -0.2) is 12.4 Å². The van der Waals surface area contributed by atoms with Crippen molar-refractivity contribution in [3.8, 4) is 0 Å². The van der Waals surface area contributed by atoms with Crippen LogP contribution in [-0.2, 0) is 6.42 Å². The normalized spacial score (nSPS) is 11.8. The van der Waals surface area contributed by atoms with Gasteiger partial charge in [0.05, 0.1) is 10.9 Å². The second-order valence-corrected chi connectivity index (χ2v) is 3.67. The van der Waals surface area contributed by atoms with Gasteiger partial charge in [-0.15, -0.1) is 0 Å². The molecule has 0 spiro atoms. The summed E-state index contributed by atoms with van der Waals surface area (Å²) in [6.07, 6.45) is 1.24. The molecule has 0 amide bonds. The van der Waals surface area contributed by atoms with Crippen molar-refractivity contribution in [3.05, 3.63) is 34.6 Å². The highest BCUT2D eigenvalue weighted by Crippen LogP contribution is 2.18. The van der Waals surface area contributed by atoms with Crippen LogP contribution in [0, 0.1) is 5.82 Å². The molecule has 0 aliphatic heterocycles. The molecule has 2 N–H and O–H groups in total. The molecule has 0 aliphatic rings. The predicted octanol–water partition coefficient (Wildman–Crippen LogP) is 2.79. The number of amidine groups is 1. The van der Waals surface area contributed by atoms with Gasteiger partial charge < -0.3 is 5.73 Å². The zero-order valence-electron chi connectivity index (χ0n) is 8.63. The number of hydrogen-bond acceptors (Lipinski definition) is 1. The van der Waals surface area contributed by atoms with Crippen LogP contribution < -0.4 is 5.73 Å². The quantitative estimate of drug-likeness (QED) is 0.625. The highest BCUT2D eigenvalue weighted by molar-refractivity contribution is 6.30. The van der Waals surface area contributed by atoms with E-state index in [0.29, 0.717) is 24.4 Å². The van der Waals surface area contributed by atoms with Gasteiger partial charge in [0.15, 0.2) is 0 Å². The van der Waals surface area contributed by atoms with E-state index < -0.39 is 5.82 Å². The van der Waals surface area contributed by atoms with E-state index in [4.69, 9.17) is 17.3 Å².